The molecule has 1 aromatic carbocycles. The number of rotatable bonds is 1. The van der Waals surface area contributed by atoms with E-state index in [0.717, 1.165) is 21.2 Å². The van der Waals surface area contributed by atoms with Crippen LogP contribution in [0.2, 0.25) is 5.15 Å². The molecular weight excluding hydrogens is 341 g/mol. The third kappa shape index (κ3) is 2.80. The molecule has 0 saturated carbocycles. The maximum atomic E-state index is 6.07. The van der Waals surface area contributed by atoms with Crippen molar-refractivity contribution in [3.05, 3.63) is 54.5 Å². The molecule has 0 unspecified atom stereocenters. The number of fused-ring (bicyclic) bond motifs is 1. The Morgan fingerprint density at radius 3 is 2.61 bits per heavy atom. The van der Waals surface area contributed by atoms with Crippen LogP contribution in [-0.2, 0) is 32.7 Å². The van der Waals surface area contributed by atoms with Gasteiger partial charge in [0.05, 0.1) is 0 Å². The molecule has 0 spiro atoms. The van der Waals surface area contributed by atoms with Crippen LogP contribution >= 0.6 is 22.9 Å². The predicted molar refractivity (Wildman–Crippen MR) is 73.1 cm³/mol. The van der Waals surface area contributed by atoms with Gasteiger partial charge in [-0.3, -0.25) is 11.3 Å². The summed E-state index contributed by atoms with van der Waals surface area (Å²) >= 11 is 7.58. The van der Waals surface area contributed by atoms with Crippen molar-refractivity contribution in [3.8, 4) is 11.1 Å². The summed E-state index contributed by atoms with van der Waals surface area (Å²) in [5, 5.41) is 12.3. The molecule has 89 valence electrons. The van der Waals surface area contributed by atoms with Gasteiger partial charge in [-0.15, -0.1) is 10.7 Å². The summed E-state index contributed by atoms with van der Waals surface area (Å²) in [6, 6.07) is 10.0. The SMILES string of the molecule is Clc1nncc2s[c-]c(-c3ccccc3)c12.[CH3-].[Y]. The van der Waals surface area contributed by atoms with Crippen LogP contribution in [0.25, 0.3) is 21.2 Å². The zero-order valence-corrected chi connectivity index (χ0v) is 14.1. The molecule has 0 aliphatic carbocycles. The maximum absolute atomic E-state index is 6.07. The van der Waals surface area contributed by atoms with Crippen LogP contribution in [0.3, 0.4) is 0 Å². The van der Waals surface area contributed by atoms with E-state index in [1.165, 1.54) is 11.3 Å². The molecule has 0 aliphatic heterocycles. The number of hydrogen-bond donors (Lipinski definition) is 0. The second kappa shape index (κ2) is 6.71. The standard InChI is InChI=1S/C12H6ClN2S.CH3.Y/c13-12-11-9(8-4-2-1-3-5-8)7-16-10(11)6-14-15-12;;/h1-6H;1H3;/q2*-1;. The summed E-state index contributed by atoms with van der Waals surface area (Å²) in [7, 11) is 0. The molecular formula is C13H9ClN2SY-2. The Morgan fingerprint density at radius 1 is 1.17 bits per heavy atom. The normalized spacial score (nSPS) is 9.61. The molecule has 3 aromatic rings. The van der Waals surface area contributed by atoms with Gasteiger partial charge in [0.2, 0.25) is 0 Å². The molecule has 0 amide bonds. The van der Waals surface area contributed by atoms with Gasteiger partial charge in [-0.05, 0) is 0 Å². The molecule has 0 atom stereocenters. The first kappa shape index (κ1) is 15.7. The molecule has 3 rings (SSSR count). The molecule has 0 aliphatic rings. The Hall–Kier alpha value is -0.346. The minimum Gasteiger partial charge on any atom is -0.358 e. The first-order valence-electron chi connectivity index (χ1n) is 4.73. The van der Waals surface area contributed by atoms with Gasteiger partial charge in [-0.25, -0.2) is 0 Å². The Balaban J connectivity index is 0.000000810. The molecule has 2 nitrogen and oxygen atoms in total. The quantitative estimate of drug-likeness (QED) is 0.613. The Labute approximate surface area is 140 Å². The number of aromatic nitrogens is 2. The Morgan fingerprint density at radius 2 is 1.89 bits per heavy atom. The van der Waals surface area contributed by atoms with Crippen molar-refractivity contribution in [2.45, 2.75) is 0 Å². The fourth-order valence-corrected chi connectivity index (χ4v) is 2.75. The van der Waals surface area contributed by atoms with E-state index < -0.39 is 0 Å². The zero-order chi connectivity index (χ0) is 11.0. The first-order chi connectivity index (χ1) is 7.86. The van der Waals surface area contributed by atoms with Gasteiger partial charge in [0.15, 0.2) is 0 Å². The van der Waals surface area contributed by atoms with Crippen LogP contribution in [0.1, 0.15) is 0 Å². The van der Waals surface area contributed by atoms with Crippen molar-refractivity contribution in [2.75, 3.05) is 0 Å². The summed E-state index contributed by atoms with van der Waals surface area (Å²) in [5.41, 5.74) is 2.10. The number of benzene rings is 1. The van der Waals surface area contributed by atoms with Crippen molar-refractivity contribution in [1.29, 1.82) is 0 Å². The second-order valence-electron chi connectivity index (χ2n) is 3.32. The number of hydrogen-bond acceptors (Lipinski definition) is 3. The largest absolute Gasteiger partial charge is 0.358 e. The number of halogens is 1. The predicted octanol–water partition coefficient (Wildman–Crippen LogP) is 4.26. The fraction of sp³-hybridized carbons (Fsp3) is 0. The molecule has 1 radical (unpaired) electrons. The molecule has 0 bridgehead atoms. The summed E-state index contributed by atoms with van der Waals surface area (Å²) in [5.74, 6) is 0. The van der Waals surface area contributed by atoms with E-state index in [1.807, 2.05) is 30.3 Å². The van der Waals surface area contributed by atoms with Gasteiger partial charge in [-0.2, -0.15) is 5.10 Å². The third-order valence-electron chi connectivity index (χ3n) is 2.35. The van der Waals surface area contributed by atoms with Crippen molar-refractivity contribution in [3.63, 3.8) is 0 Å². The molecule has 2 heterocycles. The van der Waals surface area contributed by atoms with Crippen molar-refractivity contribution in [2.24, 2.45) is 0 Å². The van der Waals surface area contributed by atoms with Crippen LogP contribution in [0.5, 0.6) is 0 Å². The maximum Gasteiger partial charge on any atom is 0.110 e. The van der Waals surface area contributed by atoms with Crippen LogP contribution in [0.15, 0.2) is 36.5 Å². The van der Waals surface area contributed by atoms with Crippen molar-refractivity contribution < 1.29 is 32.7 Å². The van der Waals surface area contributed by atoms with Gasteiger partial charge in [-0.1, -0.05) is 63.0 Å². The van der Waals surface area contributed by atoms with Gasteiger partial charge >= 0.3 is 0 Å². The number of thiophene rings is 1. The van der Waals surface area contributed by atoms with Gasteiger partial charge in [0, 0.05) is 38.9 Å². The minimum atomic E-state index is 0. The second-order valence-corrected chi connectivity index (χ2v) is 4.53. The summed E-state index contributed by atoms with van der Waals surface area (Å²) in [6.45, 7) is 0. The minimum absolute atomic E-state index is 0. The Bertz CT molecular complexity index is 640. The molecule has 0 saturated heterocycles. The van der Waals surface area contributed by atoms with E-state index in [1.54, 1.807) is 6.20 Å². The summed E-state index contributed by atoms with van der Waals surface area (Å²) < 4.78 is 1.01. The van der Waals surface area contributed by atoms with Crippen LogP contribution in [0, 0.1) is 12.8 Å². The van der Waals surface area contributed by atoms with Gasteiger partial charge < -0.3 is 7.43 Å². The smallest absolute Gasteiger partial charge is 0.110 e. The monoisotopic (exact) mass is 349 g/mol. The third-order valence-corrected chi connectivity index (χ3v) is 3.45. The van der Waals surface area contributed by atoms with Gasteiger partial charge in [0.1, 0.15) is 5.15 Å². The van der Waals surface area contributed by atoms with E-state index in [2.05, 4.69) is 15.6 Å². The number of nitrogens with zero attached hydrogens (tertiary/aromatic N) is 2. The van der Waals surface area contributed by atoms with E-state index >= 15 is 0 Å². The van der Waals surface area contributed by atoms with Crippen LogP contribution in [-0.4, -0.2) is 10.2 Å². The van der Waals surface area contributed by atoms with Crippen molar-refractivity contribution in [1.82, 2.24) is 10.2 Å². The van der Waals surface area contributed by atoms with E-state index in [0.29, 0.717) is 5.15 Å². The zero-order valence-electron chi connectivity index (χ0n) is 9.72. The summed E-state index contributed by atoms with van der Waals surface area (Å²) in [4.78, 5) is 0. The Kier molecular flexibility index (Phi) is 5.86. The molecule has 0 fully saturated rings. The molecule has 5 heteroatoms. The molecule has 2 aromatic heterocycles. The summed E-state index contributed by atoms with van der Waals surface area (Å²) in [6.07, 6.45) is 1.72. The first-order valence-corrected chi connectivity index (χ1v) is 5.92. The fourth-order valence-electron chi connectivity index (χ4n) is 1.62. The average Bonchev–Trinajstić information content (AvgIpc) is 2.75. The molecule has 0 N–H and O–H groups in total. The van der Waals surface area contributed by atoms with Crippen LogP contribution < -0.4 is 0 Å². The van der Waals surface area contributed by atoms with E-state index in [9.17, 15) is 0 Å². The topological polar surface area (TPSA) is 25.8 Å². The molecule has 18 heavy (non-hydrogen) atoms. The van der Waals surface area contributed by atoms with E-state index in [-0.39, 0.29) is 40.1 Å². The average molecular weight is 350 g/mol. The van der Waals surface area contributed by atoms with Gasteiger partial charge in [0.25, 0.3) is 0 Å². The van der Waals surface area contributed by atoms with Crippen molar-refractivity contribution >= 4 is 33.0 Å². The van der Waals surface area contributed by atoms with E-state index in [4.69, 9.17) is 11.6 Å². The van der Waals surface area contributed by atoms with Crippen LogP contribution in [0.4, 0.5) is 0 Å².